The summed E-state index contributed by atoms with van der Waals surface area (Å²) in [5.74, 6) is 15.2. The van der Waals surface area contributed by atoms with Gasteiger partial charge in [0.05, 0.1) is 0 Å². The van der Waals surface area contributed by atoms with Crippen LogP contribution in [0.15, 0.2) is 274 Å². The SMILES string of the molecule is CC(C)Cc1cc(-c2[c-]ccc(-c3ccccc3)c2)nc[c]1[Ge]([CH3])([CH3])[CH3].CCO.CO.CO.Cc1cc(-c2cccc(-c3ccccc3)c2)nc[c]1[Ge]([CH3])([CH3])[CH3].O=S(=O)([O-])C(F)(F)F.[Ir].[Ir].[c-]1ccccc1-c1ccccn1.[c-]1ccccc1-c1ccccn1.[c-]1ccccc1-c1ccccn1. The van der Waals surface area contributed by atoms with Crippen molar-refractivity contribution in [1.82, 2.24) is 24.9 Å². The van der Waals surface area contributed by atoms with Gasteiger partial charge in [-0.15, -0.1) is 108 Å². The second kappa shape index (κ2) is 47.5. The van der Waals surface area contributed by atoms with Crippen LogP contribution in [-0.4, -0.2) is 106 Å². The van der Waals surface area contributed by atoms with Crippen LogP contribution in [0.5, 0.6) is 0 Å². The number of rotatable bonds is 11. The molecular weight excluding hydrogens is 1780 g/mol. The van der Waals surface area contributed by atoms with E-state index in [1.54, 1.807) is 25.5 Å². The second-order valence-electron chi connectivity index (χ2n) is 24.2. The van der Waals surface area contributed by atoms with Gasteiger partial charge in [-0.3, -0.25) is 0 Å². The molecule has 0 aliphatic carbocycles. The fraction of sp³-hybridized carbons (Fsp3) is 0.193. The van der Waals surface area contributed by atoms with Crippen LogP contribution in [-0.2, 0) is 56.7 Å². The minimum Gasteiger partial charge on any atom is -0.741 e. The van der Waals surface area contributed by atoms with Crippen molar-refractivity contribution in [2.45, 2.75) is 74.2 Å². The predicted molar refractivity (Wildman–Crippen MR) is 409 cm³/mol. The Hall–Kier alpha value is -7.75. The molecule has 5 aromatic heterocycles. The number of benzene rings is 7. The van der Waals surface area contributed by atoms with Crippen LogP contribution < -0.4 is 8.79 Å². The fourth-order valence-corrected chi connectivity index (χ4v) is 16.5. The number of aryl methyl sites for hydroxylation is 1. The zero-order valence-electron chi connectivity index (χ0n) is 59.5. The van der Waals surface area contributed by atoms with Crippen molar-refractivity contribution >= 4 is 45.4 Å². The number of aromatic nitrogens is 5. The van der Waals surface area contributed by atoms with Gasteiger partial charge in [0.15, 0.2) is 10.1 Å². The molecule has 5 heterocycles. The van der Waals surface area contributed by atoms with E-state index in [1.807, 2.05) is 133 Å². The molecule has 12 rings (SSSR count). The van der Waals surface area contributed by atoms with Crippen LogP contribution in [0.1, 0.15) is 31.9 Å². The largest absolute Gasteiger partial charge is 0.741 e. The standard InChI is InChI=1S/C24H28GeN.C21H23GeN.3C11H8N.C2H6O.CHF3O3S.2CH4O.2Ir/c1-18(2)14-22-16-24(26-17-23(22)25(3,4)5)21-13-9-12-20(15-21)19-10-7-6-8-11-19;1-16-13-21(23-15-20(16)22(2,3)4)19-12-8-11-18(14-19)17-9-6-5-7-10-17;3*1-2-6-10(7-3-1)11-8-4-5-9-12-11;1-2-3;2-1(3,4)8(5,6)7;2*1-2;;/h6-12,15-18H,14H2,1-5H3;5-15H,1-4H3;3*1-6,8-9H;3H,2H2,1H3;(H,5,6,7);2*2H,1H3;;/q-1;;3*-1;;;;;;/p-1. The minimum atomic E-state index is -6.09. The number of nitrogens with zero attached hydrogens (tertiary/aromatic N) is 5. The summed E-state index contributed by atoms with van der Waals surface area (Å²) in [6, 6.07) is 94.4. The number of hydrogen-bond donors (Lipinski definition) is 3. The van der Waals surface area contributed by atoms with Gasteiger partial charge in [0.1, 0.15) is 0 Å². The first-order valence-electron chi connectivity index (χ1n) is 32.2. The van der Waals surface area contributed by atoms with Gasteiger partial charge in [0.25, 0.3) is 0 Å². The third-order valence-electron chi connectivity index (χ3n) is 14.0. The van der Waals surface area contributed by atoms with Crippen molar-refractivity contribution in [3.8, 4) is 78.5 Å². The molecule has 0 saturated carbocycles. The van der Waals surface area contributed by atoms with Crippen LogP contribution in [0.2, 0.25) is 34.5 Å². The normalized spacial score (nSPS) is 10.4. The van der Waals surface area contributed by atoms with Crippen molar-refractivity contribution < 1.29 is 81.7 Å². The maximum Gasteiger partial charge on any atom is 0.485 e. The van der Waals surface area contributed by atoms with E-state index >= 15 is 0 Å². The maximum atomic E-state index is 10.7. The van der Waals surface area contributed by atoms with E-state index in [0.717, 1.165) is 71.4 Å². The Balaban J connectivity index is 0.000000423. The smallest absolute Gasteiger partial charge is 0.485 e. The fourth-order valence-electron chi connectivity index (χ4n) is 9.56. The molecule has 3 N–H and O–H groups in total. The van der Waals surface area contributed by atoms with E-state index in [2.05, 4.69) is 216 Å². The Morgan fingerprint density at radius 3 is 1.14 bits per heavy atom. The van der Waals surface area contributed by atoms with Gasteiger partial charge < -0.3 is 34.8 Å². The molecule has 102 heavy (non-hydrogen) atoms. The van der Waals surface area contributed by atoms with Crippen molar-refractivity contribution in [1.29, 1.82) is 0 Å². The van der Waals surface area contributed by atoms with Gasteiger partial charge >= 0.3 is 308 Å². The molecule has 0 atom stereocenters. The Kier molecular flexibility index (Phi) is 42.1. The summed E-state index contributed by atoms with van der Waals surface area (Å²) in [4.78, 5) is 22.2. The molecule has 0 unspecified atom stereocenters. The molecule has 0 aliphatic heterocycles. The molecule has 0 amide bonds. The Morgan fingerprint density at radius 1 is 0.431 bits per heavy atom. The Labute approximate surface area is 635 Å². The van der Waals surface area contributed by atoms with E-state index < -0.39 is 42.2 Å². The number of aliphatic hydroxyl groups excluding tert-OH is 3. The van der Waals surface area contributed by atoms with Crippen molar-refractivity contribution in [2.75, 3.05) is 20.8 Å². The molecule has 2 radical (unpaired) electrons. The molecular formula is C83H89F3Ge2Ir2N5O6S-5. The van der Waals surface area contributed by atoms with Gasteiger partial charge in [-0.05, 0) is 42.2 Å². The molecule has 11 nitrogen and oxygen atoms in total. The molecule has 12 aromatic rings. The quantitative estimate of drug-likeness (QED) is 0.0485. The molecule has 19 heteroatoms. The van der Waals surface area contributed by atoms with Crippen molar-refractivity contribution in [3.05, 3.63) is 309 Å². The molecule has 0 saturated heterocycles. The zero-order chi connectivity index (χ0) is 73.6. The number of halogens is 3. The molecule has 540 valence electrons. The summed E-state index contributed by atoms with van der Waals surface area (Å²) < 4.78 is 61.9. The first kappa shape index (κ1) is 90.3. The molecule has 0 spiro atoms. The van der Waals surface area contributed by atoms with Gasteiger partial charge in [-0.1, -0.05) is 36.4 Å². The maximum absolute atomic E-state index is 10.7. The Morgan fingerprint density at radius 2 is 0.784 bits per heavy atom. The van der Waals surface area contributed by atoms with Crippen LogP contribution in [0, 0.1) is 37.1 Å². The summed E-state index contributed by atoms with van der Waals surface area (Å²) in [6.45, 7) is 8.74. The first-order valence-corrected chi connectivity index (χ1v) is 48.3. The van der Waals surface area contributed by atoms with Crippen molar-refractivity contribution in [3.63, 3.8) is 0 Å². The monoisotopic (exact) mass is 1870 g/mol. The average molecular weight is 1870 g/mol. The van der Waals surface area contributed by atoms with Crippen LogP contribution in [0.3, 0.4) is 0 Å². The van der Waals surface area contributed by atoms with Gasteiger partial charge in [-0.25, -0.2) is 8.42 Å². The second-order valence-corrected chi connectivity index (χ2v) is 46.7. The van der Waals surface area contributed by atoms with Crippen molar-refractivity contribution in [2.24, 2.45) is 5.92 Å². The number of pyridine rings is 5. The predicted octanol–water partition coefficient (Wildman–Crippen LogP) is 18.1. The number of hydrogen-bond acceptors (Lipinski definition) is 11. The van der Waals surface area contributed by atoms with Gasteiger partial charge in [0.2, 0.25) is 0 Å². The summed E-state index contributed by atoms with van der Waals surface area (Å²) in [5.41, 5.74) is 12.5. The molecule has 7 aromatic carbocycles. The first-order chi connectivity index (χ1) is 47.9. The molecule has 0 fully saturated rings. The third-order valence-corrected chi connectivity index (χ3v) is 23.4. The summed E-state index contributed by atoms with van der Waals surface area (Å²) >= 11 is -3.77. The number of alkyl halides is 3. The van der Waals surface area contributed by atoms with E-state index in [1.165, 1.54) is 47.7 Å². The van der Waals surface area contributed by atoms with Crippen LogP contribution in [0.4, 0.5) is 13.2 Å². The third kappa shape index (κ3) is 31.9. The van der Waals surface area contributed by atoms with E-state index in [-0.39, 0.29) is 46.8 Å². The van der Waals surface area contributed by atoms with E-state index in [4.69, 9.17) is 38.3 Å². The summed E-state index contributed by atoms with van der Waals surface area (Å²) in [5, 5.41) is 21.6. The van der Waals surface area contributed by atoms with Gasteiger partial charge in [-0.2, -0.15) is 13.2 Å². The minimum absolute atomic E-state index is 0. The summed E-state index contributed by atoms with van der Waals surface area (Å²) in [7, 11) is -4.09. The average Bonchev–Trinajstić information content (AvgIpc) is 0.805. The molecule has 0 bridgehead atoms. The zero-order valence-corrected chi connectivity index (χ0v) is 69.3. The van der Waals surface area contributed by atoms with Crippen LogP contribution >= 0.6 is 0 Å². The number of aliphatic hydroxyl groups is 3. The van der Waals surface area contributed by atoms with Crippen LogP contribution in [0.25, 0.3) is 78.5 Å². The Bertz CT molecular complexity index is 4040. The van der Waals surface area contributed by atoms with E-state index in [0.29, 0.717) is 5.92 Å². The van der Waals surface area contributed by atoms with Gasteiger partial charge in [0, 0.05) is 79.6 Å². The van der Waals surface area contributed by atoms with E-state index in [9.17, 15) is 13.2 Å². The topological polar surface area (TPSA) is 182 Å². The summed E-state index contributed by atoms with van der Waals surface area (Å²) in [6.07, 6.45) is 10.7. The molecule has 0 aliphatic rings.